The van der Waals surface area contributed by atoms with Gasteiger partial charge in [0, 0.05) is 6.54 Å². The summed E-state index contributed by atoms with van der Waals surface area (Å²) in [6.07, 6.45) is -5.58. The highest BCUT2D eigenvalue weighted by atomic mass is 35.5. The number of carboxylic acids is 1. The molecule has 2 N–H and O–H groups in total. The third kappa shape index (κ3) is 3.14. The van der Waals surface area contributed by atoms with Crippen LogP contribution in [0.4, 0.5) is 17.6 Å². The van der Waals surface area contributed by atoms with E-state index in [0.29, 0.717) is 0 Å². The normalized spacial score (nSPS) is 16.8. The predicted octanol–water partition coefficient (Wildman–Crippen LogP) is 1.69. The molecule has 0 fully saturated rings. The summed E-state index contributed by atoms with van der Waals surface area (Å²) in [5.74, 6) is -7.23. The van der Waals surface area contributed by atoms with E-state index in [1.807, 2.05) is 0 Å². The van der Waals surface area contributed by atoms with Gasteiger partial charge < -0.3 is 5.11 Å². The van der Waals surface area contributed by atoms with E-state index in [9.17, 15) is 22.4 Å². The van der Waals surface area contributed by atoms with Crippen LogP contribution in [0.3, 0.4) is 0 Å². The van der Waals surface area contributed by atoms with Crippen molar-refractivity contribution in [2.45, 2.75) is 16.8 Å². The standard InChI is InChI=1S/C5H5Cl2F4NO2/c6-2(7)1-12-4(8,3(13)14)5(9,10)11/h2,12H,1H2,(H,13,14). The van der Waals surface area contributed by atoms with E-state index in [1.54, 1.807) is 0 Å². The molecule has 0 aliphatic heterocycles. The quantitative estimate of drug-likeness (QED) is 0.458. The molecule has 0 spiro atoms. The fraction of sp³-hybridized carbons (Fsp3) is 0.800. The average Bonchev–Trinajstić information content (AvgIpc) is 1.97. The first kappa shape index (κ1) is 13.7. The second-order valence-electron chi connectivity index (χ2n) is 2.23. The van der Waals surface area contributed by atoms with Gasteiger partial charge in [-0.1, -0.05) is 0 Å². The second-order valence-corrected chi connectivity index (χ2v) is 3.51. The molecule has 0 aliphatic rings. The highest BCUT2D eigenvalue weighted by Crippen LogP contribution is 2.32. The van der Waals surface area contributed by atoms with Crippen molar-refractivity contribution in [1.82, 2.24) is 5.32 Å². The van der Waals surface area contributed by atoms with Crippen molar-refractivity contribution in [2.75, 3.05) is 6.54 Å². The van der Waals surface area contributed by atoms with E-state index >= 15 is 0 Å². The Morgan fingerprint density at radius 1 is 1.36 bits per heavy atom. The molecule has 14 heavy (non-hydrogen) atoms. The largest absolute Gasteiger partial charge is 0.478 e. The zero-order chi connectivity index (χ0) is 11.6. The van der Waals surface area contributed by atoms with Crippen LogP contribution < -0.4 is 5.32 Å². The molecule has 9 heteroatoms. The van der Waals surface area contributed by atoms with Crippen LogP contribution in [0.5, 0.6) is 0 Å². The van der Waals surface area contributed by atoms with Crippen molar-refractivity contribution in [3.05, 3.63) is 0 Å². The highest BCUT2D eigenvalue weighted by molar-refractivity contribution is 6.44. The maximum absolute atomic E-state index is 12.8. The van der Waals surface area contributed by atoms with Crippen LogP contribution in [0.25, 0.3) is 0 Å². The lowest BCUT2D eigenvalue weighted by molar-refractivity contribution is -0.245. The number of hydrogen-bond donors (Lipinski definition) is 2. The molecule has 0 rings (SSSR count). The van der Waals surface area contributed by atoms with Crippen molar-refractivity contribution in [3.8, 4) is 0 Å². The first-order valence-corrected chi connectivity index (χ1v) is 4.00. The number of carbonyl (C=O) groups is 1. The SMILES string of the molecule is O=C(O)C(F)(NCC(Cl)Cl)C(F)(F)F. The van der Waals surface area contributed by atoms with E-state index in [2.05, 4.69) is 0 Å². The summed E-state index contributed by atoms with van der Waals surface area (Å²) in [5, 5.41) is 9.12. The molecule has 0 aromatic heterocycles. The molecule has 0 saturated heterocycles. The van der Waals surface area contributed by atoms with Crippen molar-refractivity contribution < 1.29 is 27.5 Å². The fourth-order valence-electron chi connectivity index (χ4n) is 0.515. The second kappa shape index (κ2) is 4.50. The third-order valence-corrected chi connectivity index (χ3v) is 1.49. The molecule has 0 aliphatic carbocycles. The van der Waals surface area contributed by atoms with Crippen LogP contribution in [-0.2, 0) is 4.79 Å². The van der Waals surface area contributed by atoms with Crippen LogP contribution in [0.15, 0.2) is 0 Å². The van der Waals surface area contributed by atoms with Gasteiger partial charge in [-0.3, -0.25) is 5.32 Å². The van der Waals surface area contributed by atoms with E-state index in [-0.39, 0.29) is 0 Å². The molecule has 0 saturated carbocycles. The molecule has 0 aromatic rings. The number of rotatable bonds is 4. The average molecular weight is 258 g/mol. The van der Waals surface area contributed by atoms with Crippen LogP contribution >= 0.6 is 23.2 Å². The molecule has 0 heterocycles. The lowest BCUT2D eigenvalue weighted by Gasteiger charge is -2.24. The summed E-state index contributed by atoms with van der Waals surface area (Å²) in [7, 11) is 0. The molecule has 0 amide bonds. The molecule has 0 aromatic carbocycles. The Morgan fingerprint density at radius 3 is 2.00 bits per heavy atom. The molecule has 0 bridgehead atoms. The molecule has 1 unspecified atom stereocenters. The third-order valence-electron chi connectivity index (χ3n) is 1.19. The molecule has 1 atom stereocenters. The van der Waals surface area contributed by atoms with Gasteiger partial charge >= 0.3 is 17.9 Å². The number of nitrogens with one attached hydrogen (secondary N) is 1. The Balaban J connectivity index is 4.67. The van der Waals surface area contributed by atoms with Gasteiger partial charge in [0.25, 0.3) is 0 Å². The summed E-state index contributed by atoms with van der Waals surface area (Å²) in [6, 6.07) is 0. The summed E-state index contributed by atoms with van der Waals surface area (Å²) >= 11 is 10.0. The van der Waals surface area contributed by atoms with Gasteiger partial charge in [0.15, 0.2) is 0 Å². The summed E-state index contributed by atoms with van der Waals surface area (Å²) in [6.45, 7) is -0.842. The number of carboxylic acid groups (broad SMARTS) is 1. The monoisotopic (exact) mass is 257 g/mol. The van der Waals surface area contributed by atoms with Crippen LogP contribution in [0.1, 0.15) is 0 Å². The van der Waals surface area contributed by atoms with Crippen LogP contribution in [0, 0.1) is 0 Å². The Morgan fingerprint density at radius 2 is 1.79 bits per heavy atom. The van der Waals surface area contributed by atoms with E-state index in [0.717, 1.165) is 5.32 Å². The van der Waals surface area contributed by atoms with Crippen molar-refractivity contribution in [2.24, 2.45) is 0 Å². The molecule has 3 nitrogen and oxygen atoms in total. The minimum absolute atomic E-state index is 0.842. The van der Waals surface area contributed by atoms with Gasteiger partial charge in [0.1, 0.15) is 4.84 Å². The minimum atomic E-state index is -5.58. The topological polar surface area (TPSA) is 49.3 Å². The molecule has 0 radical (unpaired) electrons. The lowest BCUT2D eigenvalue weighted by atomic mass is 10.2. The molecular formula is C5H5Cl2F4NO2. The maximum atomic E-state index is 12.8. The zero-order valence-corrected chi connectivity index (χ0v) is 7.92. The van der Waals surface area contributed by atoms with Gasteiger partial charge in [0.2, 0.25) is 0 Å². The van der Waals surface area contributed by atoms with E-state index < -0.39 is 29.3 Å². The van der Waals surface area contributed by atoms with Gasteiger partial charge in [-0.05, 0) is 0 Å². The van der Waals surface area contributed by atoms with Gasteiger partial charge in [-0.15, -0.1) is 23.2 Å². The first-order chi connectivity index (χ1) is 6.11. The number of halogens is 6. The summed E-state index contributed by atoms with van der Waals surface area (Å²) in [5.41, 5.74) is 0. The molecular weight excluding hydrogens is 253 g/mol. The Bertz CT molecular complexity index is 222. The minimum Gasteiger partial charge on any atom is -0.478 e. The number of alkyl halides is 6. The van der Waals surface area contributed by atoms with E-state index in [4.69, 9.17) is 28.3 Å². The first-order valence-electron chi connectivity index (χ1n) is 3.13. The van der Waals surface area contributed by atoms with Crippen molar-refractivity contribution >= 4 is 29.2 Å². The predicted molar refractivity (Wildman–Crippen MR) is 41.0 cm³/mol. The van der Waals surface area contributed by atoms with Gasteiger partial charge in [-0.25, -0.2) is 9.18 Å². The fourth-order valence-corrected chi connectivity index (χ4v) is 0.669. The summed E-state index contributed by atoms with van der Waals surface area (Å²) in [4.78, 5) is 8.70. The lowest BCUT2D eigenvalue weighted by Crippen LogP contribution is -2.59. The Kier molecular flexibility index (Phi) is 4.41. The van der Waals surface area contributed by atoms with E-state index in [1.165, 1.54) is 0 Å². The molecule has 84 valence electrons. The van der Waals surface area contributed by atoms with Gasteiger partial charge in [-0.2, -0.15) is 13.2 Å². The Labute approximate surface area is 86.0 Å². The van der Waals surface area contributed by atoms with Crippen LogP contribution in [-0.4, -0.2) is 34.4 Å². The highest BCUT2D eigenvalue weighted by Gasteiger charge is 2.62. The number of aliphatic carboxylic acids is 1. The smallest absolute Gasteiger partial charge is 0.448 e. The zero-order valence-electron chi connectivity index (χ0n) is 6.41. The van der Waals surface area contributed by atoms with Crippen LogP contribution in [0.2, 0.25) is 0 Å². The van der Waals surface area contributed by atoms with Crippen molar-refractivity contribution in [1.29, 1.82) is 0 Å². The summed E-state index contributed by atoms with van der Waals surface area (Å²) < 4.78 is 48.5. The number of hydrogen-bond acceptors (Lipinski definition) is 2. The van der Waals surface area contributed by atoms with Crippen molar-refractivity contribution in [3.63, 3.8) is 0 Å². The van der Waals surface area contributed by atoms with Gasteiger partial charge in [0.05, 0.1) is 0 Å². The Hall–Kier alpha value is -0.270. The maximum Gasteiger partial charge on any atom is 0.448 e.